The average Bonchev–Trinajstić information content (AvgIpc) is 2.31. The molecule has 0 aliphatic rings. The van der Waals surface area contributed by atoms with Gasteiger partial charge in [0.1, 0.15) is 6.07 Å². The Hall–Kier alpha value is -1.38. The summed E-state index contributed by atoms with van der Waals surface area (Å²) in [6.07, 6.45) is 0.136. The van der Waals surface area contributed by atoms with E-state index in [0.717, 1.165) is 11.1 Å². The number of rotatable bonds is 3. The van der Waals surface area contributed by atoms with E-state index in [1.165, 1.54) is 7.11 Å². The van der Waals surface area contributed by atoms with E-state index < -0.39 is 0 Å². The van der Waals surface area contributed by atoms with E-state index in [1.54, 1.807) is 12.1 Å². The van der Waals surface area contributed by atoms with Crippen LogP contribution in [-0.2, 0) is 22.5 Å². The smallest absolute Gasteiger partial charge is 0.310 e. The summed E-state index contributed by atoms with van der Waals surface area (Å²) in [7, 11) is 1.33. The van der Waals surface area contributed by atoms with E-state index in [1.807, 2.05) is 0 Å². The van der Waals surface area contributed by atoms with E-state index >= 15 is 0 Å². The maximum Gasteiger partial charge on any atom is 0.310 e. The van der Waals surface area contributed by atoms with Gasteiger partial charge >= 0.3 is 5.97 Å². The van der Waals surface area contributed by atoms with Gasteiger partial charge in [0.15, 0.2) is 0 Å². The summed E-state index contributed by atoms with van der Waals surface area (Å²) in [6.45, 7) is 0.292. The Balaban J connectivity index is 3.15. The lowest BCUT2D eigenvalue weighted by Crippen LogP contribution is -2.07. The highest BCUT2D eigenvalue weighted by molar-refractivity contribution is 9.10. The van der Waals surface area contributed by atoms with Crippen molar-refractivity contribution in [2.45, 2.75) is 13.0 Å². The summed E-state index contributed by atoms with van der Waals surface area (Å²) in [6, 6.07) is 5.59. The van der Waals surface area contributed by atoms with Crippen LogP contribution in [0.25, 0.3) is 0 Å². The molecule has 0 amide bonds. The van der Waals surface area contributed by atoms with Crippen LogP contribution in [0, 0.1) is 11.3 Å². The summed E-state index contributed by atoms with van der Waals surface area (Å²) in [4.78, 5) is 11.1. The molecule has 1 aromatic rings. The minimum absolute atomic E-state index is 0.136. The molecular weight excluding hydrogens is 272 g/mol. The Bertz CT molecular complexity index is 452. The van der Waals surface area contributed by atoms with Crippen LogP contribution < -0.4 is 5.73 Å². The molecular formula is C11H11BrN2O2. The Morgan fingerprint density at radius 3 is 2.69 bits per heavy atom. The van der Waals surface area contributed by atoms with Crippen LogP contribution in [0.1, 0.15) is 16.7 Å². The van der Waals surface area contributed by atoms with Crippen LogP contribution in [0.15, 0.2) is 16.6 Å². The second-order valence-electron chi connectivity index (χ2n) is 3.14. The van der Waals surface area contributed by atoms with Gasteiger partial charge < -0.3 is 10.5 Å². The van der Waals surface area contributed by atoms with Crippen molar-refractivity contribution in [3.05, 3.63) is 33.3 Å². The third kappa shape index (κ3) is 2.60. The number of esters is 1. The summed E-state index contributed by atoms with van der Waals surface area (Å²) in [5.41, 5.74) is 7.46. The predicted molar refractivity (Wildman–Crippen MR) is 62.5 cm³/mol. The topological polar surface area (TPSA) is 76.1 Å². The second-order valence-corrected chi connectivity index (χ2v) is 3.93. The zero-order valence-electron chi connectivity index (χ0n) is 8.79. The monoisotopic (exact) mass is 282 g/mol. The van der Waals surface area contributed by atoms with Crippen molar-refractivity contribution in [1.82, 2.24) is 0 Å². The van der Waals surface area contributed by atoms with Crippen molar-refractivity contribution in [3.63, 3.8) is 0 Å². The summed E-state index contributed by atoms with van der Waals surface area (Å²) >= 11 is 3.30. The van der Waals surface area contributed by atoms with Gasteiger partial charge in [-0.2, -0.15) is 5.26 Å². The predicted octanol–water partition coefficient (Wildman–Crippen LogP) is 1.49. The SMILES string of the molecule is COC(=O)Cc1ccc(CN)c(C#N)c1Br. The van der Waals surface area contributed by atoms with Gasteiger partial charge in [-0.15, -0.1) is 0 Å². The Labute approximate surface area is 102 Å². The zero-order valence-corrected chi connectivity index (χ0v) is 10.4. The van der Waals surface area contributed by atoms with Crippen molar-refractivity contribution in [3.8, 4) is 6.07 Å². The molecule has 0 aromatic heterocycles. The van der Waals surface area contributed by atoms with Gasteiger partial charge in [-0.1, -0.05) is 12.1 Å². The van der Waals surface area contributed by atoms with Gasteiger partial charge in [-0.25, -0.2) is 0 Å². The molecule has 4 nitrogen and oxygen atoms in total. The largest absolute Gasteiger partial charge is 0.469 e. The Kier molecular flexibility index (Phi) is 4.47. The van der Waals surface area contributed by atoms with E-state index in [4.69, 9.17) is 11.0 Å². The van der Waals surface area contributed by atoms with Crippen molar-refractivity contribution in [2.75, 3.05) is 7.11 Å². The first-order valence-corrected chi connectivity index (χ1v) is 5.40. The number of nitriles is 1. The van der Waals surface area contributed by atoms with E-state index in [9.17, 15) is 4.79 Å². The van der Waals surface area contributed by atoms with Crippen LogP contribution in [0.3, 0.4) is 0 Å². The van der Waals surface area contributed by atoms with Crippen LogP contribution in [0.4, 0.5) is 0 Å². The lowest BCUT2D eigenvalue weighted by Gasteiger charge is -2.08. The molecule has 0 spiro atoms. The average molecular weight is 283 g/mol. The molecule has 2 N–H and O–H groups in total. The minimum Gasteiger partial charge on any atom is -0.469 e. The molecule has 0 unspecified atom stereocenters. The fourth-order valence-electron chi connectivity index (χ4n) is 1.31. The highest BCUT2D eigenvalue weighted by Gasteiger charge is 2.12. The van der Waals surface area contributed by atoms with Crippen LogP contribution in [0.2, 0.25) is 0 Å². The molecule has 0 aliphatic carbocycles. The fraction of sp³-hybridized carbons (Fsp3) is 0.273. The number of carbonyl (C=O) groups excluding carboxylic acids is 1. The quantitative estimate of drug-likeness (QED) is 0.853. The third-order valence-corrected chi connectivity index (χ3v) is 3.11. The second kappa shape index (κ2) is 5.64. The number of halogens is 1. The first kappa shape index (κ1) is 12.7. The molecule has 1 aromatic carbocycles. The number of nitrogens with two attached hydrogens (primary N) is 1. The maximum atomic E-state index is 11.1. The highest BCUT2D eigenvalue weighted by Crippen LogP contribution is 2.25. The fourth-order valence-corrected chi connectivity index (χ4v) is 1.93. The molecule has 5 heteroatoms. The molecule has 0 saturated carbocycles. The normalized spacial score (nSPS) is 9.62. The summed E-state index contributed by atoms with van der Waals surface area (Å²) < 4.78 is 5.19. The van der Waals surface area contributed by atoms with Gasteiger partial charge in [-0.3, -0.25) is 4.79 Å². The molecule has 0 bridgehead atoms. The molecule has 0 fully saturated rings. The summed E-state index contributed by atoms with van der Waals surface area (Å²) in [5, 5.41) is 8.99. The molecule has 0 atom stereocenters. The molecule has 0 saturated heterocycles. The van der Waals surface area contributed by atoms with Gasteiger partial charge in [0.25, 0.3) is 0 Å². The highest BCUT2D eigenvalue weighted by atomic mass is 79.9. The van der Waals surface area contributed by atoms with Gasteiger partial charge in [0.2, 0.25) is 0 Å². The van der Waals surface area contributed by atoms with Gasteiger partial charge in [-0.05, 0) is 27.1 Å². The lowest BCUT2D eigenvalue weighted by atomic mass is 10.0. The van der Waals surface area contributed by atoms with Crippen molar-refractivity contribution in [1.29, 1.82) is 5.26 Å². The summed E-state index contributed by atoms with van der Waals surface area (Å²) in [5.74, 6) is -0.343. The maximum absolute atomic E-state index is 11.1. The number of benzene rings is 1. The standard InChI is InChI=1S/C11H11BrN2O2/c1-16-10(15)4-7-2-3-8(5-13)9(6-14)11(7)12/h2-3H,4-5,13H2,1H3. The molecule has 84 valence electrons. The zero-order chi connectivity index (χ0) is 12.1. The molecule has 16 heavy (non-hydrogen) atoms. The minimum atomic E-state index is -0.343. The molecule has 0 heterocycles. The number of ether oxygens (including phenoxy) is 1. The molecule has 0 radical (unpaired) electrons. The van der Waals surface area contributed by atoms with Gasteiger partial charge in [0.05, 0.1) is 19.1 Å². The van der Waals surface area contributed by atoms with Crippen LogP contribution >= 0.6 is 15.9 Å². The number of methoxy groups -OCH3 is 1. The van der Waals surface area contributed by atoms with Crippen molar-refractivity contribution < 1.29 is 9.53 Å². The molecule has 0 aliphatic heterocycles. The first-order chi connectivity index (χ1) is 7.63. The number of nitrogens with zero attached hydrogens (tertiary/aromatic N) is 1. The van der Waals surface area contributed by atoms with E-state index in [-0.39, 0.29) is 12.4 Å². The third-order valence-electron chi connectivity index (χ3n) is 2.20. The van der Waals surface area contributed by atoms with Crippen molar-refractivity contribution in [2.24, 2.45) is 5.73 Å². The van der Waals surface area contributed by atoms with Gasteiger partial charge in [0, 0.05) is 11.0 Å². The van der Waals surface area contributed by atoms with Crippen LogP contribution in [0.5, 0.6) is 0 Å². The van der Waals surface area contributed by atoms with Crippen molar-refractivity contribution >= 4 is 21.9 Å². The van der Waals surface area contributed by atoms with E-state index in [0.29, 0.717) is 16.6 Å². The Morgan fingerprint density at radius 1 is 1.56 bits per heavy atom. The lowest BCUT2D eigenvalue weighted by molar-refractivity contribution is -0.139. The molecule has 1 rings (SSSR count). The Morgan fingerprint density at radius 2 is 2.19 bits per heavy atom. The number of hydrogen-bond acceptors (Lipinski definition) is 4. The first-order valence-electron chi connectivity index (χ1n) is 4.61. The van der Waals surface area contributed by atoms with Crippen LogP contribution in [-0.4, -0.2) is 13.1 Å². The number of carbonyl (C=O) groups is 1. The van der Waals surface area contributed by atoms with E-state index in [2.05, 4.69) is 26.7 Å². The number of hydrogen-bond donors (Lipinski definition) is 1.